The van der Waals surface area contributed by atoms with Gasteiger partial charge in [-0.25, -0.2) is 17.6 Å². The van der Waals surface area contributed by atoms with Crippen molar-refractivity contribution in [2.75, 3.05) is 36.5 Å². The van der Waals surface area contributed by atoms with Crippen LogP contribution in [-0.2, 0) is 6.42 Å². The summed E-state index contributed by atoms with van der Waals surface area (Å²) in [6, 6.07) is 8.44. The van der Waals surface area contributed by atoms with Crippen molar-refractivity contribution in [3.8, 4) is 0 Å². The summed E-state index contributed by atoms with van der Waals surface area (Å²) in [4.78, 5) is 3.58. The second kappa shape index (κ2) is 11.2. The average Bonchev–Trinajstić information content (AvgIpc) is 2.85. The number of nitrogens with zero attached hydrogens (tertiary/aromatic N) is 2. The number of hydrogen-bond donors (Lipinski definition) is 3. The van der Waals surface area contributed by atoms with Crippen LogP contribution in [0.5, 0.6) is 0 Å². The van der Waals surface area contributed by atoms with Crippen LogP contribution in [0.15, 0.2) is 48.5 Å². The van der Waals surface area contributed by atoms with Gasteiger partial charge in [-0.2, -0.15) is 0 Å². The molecule has 1 fully saturated rings. The fraction of sp³-hybridized carbons (Fsp3) is 0.357. The summed E-state index contributed by atoms with van der Waals surface area (Å²) in [5, 5.41) is 22.4. The summed E-state index contributed by atoms with van der Waals surface area (Å²) < 4.78 is 72.8. The van der Waals surface area contributed by atoms with Crippen molar-refractivity contribution in [1.29, 1.82) is 0 Å². The highest BCUT2D eigenvalue weighted by Gasteiger charge is 2.38. The lowest BCUT2D eigenvalue weighted by Gasteiger charge is -2.44. The number of rotatable bonds is 8. The van der Waals surface area contributed by atoms with E-state index in [0.29, 0.717) is 43.6 Å². The molecule has 0 saturated carbocycles. The summed E-state index contributed by atoms with van der Waals surface area (Å²) >= 11 is 0. The van der Waals surface area contributed by atoms with E-state index in [4.69, 9.17) is 0 Å². The minimum Gasteiger partial charge on any atom is -0.423 e. The third kappa shape index (κ3) is 5.48. The lowest BCUT2D eigenvalue weighted by Crippen LogP contribution is -2.54. The van der Waals surface area contributed by atoms with Crippen molar-refractivity contribution < 1.29 is 32.0 Å². The van der Waals surface area contributed by atoms with Crippen LogP contribution in [0.4, 0.5) is 33.3 Å². The zero-order valence-corrected chi connectivity index (χ0v) is 21.3. The van der Waals surface area contributed by atoms with Crippen molar-refractivity contribution >= 4 is 24.0 Å². The molecule has 2 atom stereocenters. The smallest absolute Gasteiger partial charge is 0.423 e. The molecular weight excluding hydrogens is 516 g/mol. The first-order valence-corrected chi connectivity index (χ1v) is 12.9. The minimum atomic E-state index is -1.73. The molecule has 39 heavy (non-hydrogen) atoms. The van der Waals surface area contributed by atoms with Gasteiger partial charge in [0.25, 0.3) is 0 Å². The fourth-order valence-corrected chi connectivity index (χ4v) is 5.70. The second-order valence-corrected chi connectivity index (χ2v) is 10.3. The maximum Gasteiger partial charge on any atom is 0.488 e. The predicted molar refractivity (Wildman–Crippen MR) is 141 cm³/mol. The lowest BCUT2D eigenvalue weighted by molar-refractivity contribution is 0.155. The largest absolute Gasteiger partial charge is 0.488 e. The molecule has 0 radical (unpaired) electrons. The molecule has 2 heterocycles. The number of nitrogens with one attached hydrogen (secondary N) is 1. The molecule has 3 N–H and O–H groups in total. The number of hydrogen-bond acceptors (Lipinski definition) is 5. The van der Waals surface area contributed by atoms with Gasteiger partial charge in [-0.05, 0) is 60.6 Å². The molecule has 2 aliphatic heterocycles. The summed E-state index contributed by atoms with van der Waals surface area (Å²) in [7, 11) is -1.73. The highest BCUT2D eigenvalue weighted by Crippen LogP contribution is 2.44. The molecule has 5 nitrogen and oxygen atoms in total. The van der Waals surface area contributed by atoms with Crippen LogP contribution in [0, 0.1) is 23.3 Å². The summed E-state index contributed by atoms with van der Waals surface area (Å²) in [6.07, 6.45) is 0.766. The van der Waals surface area contributed by atoms with E-state index in [2.05, 4.69) is 5.32 Å². The molecule has 1 saturated heterocycles. The molecular formula is C28H29BF5N3O2. The number of anilines is 2. The van der Waals surface area contributed by atoms with Gasteiger partial charge in [-0.3, -0.25) is 9.29 Å². The van der Waals surface area contributed by atoms with Crippen LogP contribution in [0.25, 0.3) is 0 Å². The Hall–Kier alpha value is -3.15. The van der Waals surface area contributed by atoms with Gasteiger partial charge in [-0.15, -0.1) is 0 Å². The first-order chi connectivity index (χ1) is 18.7. The standard InChI is InChI=1S/C28H29BF5N3O2/c1-16-9-17-10-18(29(38)39)3-5-22(17)28(37(16)26-6-4-19(31)11-23(26)32)27-24(33)12-20(13-25(27)34)35-21-14-36(15-21)8-2-7-30/h3-6,10-13,16,21,28,35,38-39H,2,7-9,14-15H2,1H3/t16-,28-/m1/s1. The zero-order valence-electron chi connectivity index (χ0n) is 21.3. The molecule has 2 aliphatic rings. The van der Waals surface area contributed by atoms with Crippen LogP contribution < -0.4 is 15.7 Å². The van der Waals surface area contributed by atoms with Crippen molar-refractivity contribution in [2.45, 2.75) is 37.9 Å². The van der Waals surface area contributed by atoms with Gasteiger partial charge in [0, 0.05) is 37.4 Å². The maximum absolute atomic E-state index is 15.8. The summed E-state index contributed by atoms with van der Waals surface area (Å²) in [5.74, 6) is -3.31. The average molecular weight is 545 g/mol. The topological polar surface area (TPSA) is 59.0 Å². The Morgan fingerprint density at radius 1 is 0.949 bits per heavy atom. The van der Waals surface area contributed by atoms with E-state index in [-0.39, 0.29) is 28.4 Å². The Morgan fingerprint density at radius 2 is 1.67 bits per heavy atom. The third-order valence-corrected chi connectivity index (χ3v) is 7.50. The number of halogens is 5. The molecule has 206 valence electrons. The maximum atomic E-state index is 15.8. The molecule has 5 rings (SSSR count). The third-order valence-electron chi connectivity index (χ3n) is 7.50. The normalized spacial score (nSPS) is 19.5. The van der Waals surface area contributed by atoms with Crippen molar-refractivity contribution in [2.24, 2.45) is 0 Å². The van der Waals surface area contributed by atoms with Gasteiger partial charge in [0.15, 0.2) is 0 Å². The first-order valence-electron chi connectivity index (χ1n) is 12.9. The van der Waals surface area contributed by atoms with Crippen molar-refractivity contribution in [3.05, 3.63) is 88.5 Å². The van der Waals surface area contributed by atoms with E-state index in [1.165, 1.54) is 29.2 Å². The van der Waals surface area contributed by atoms with E-state index in [1.807, 2.05) is 4.90 Å². The van der Waals surface area contributed by atoms with Gasteiger partial charge in [0.05, 0.1) is 30.0 Å². The monoisotopic (exact) mass is 545 g/mol. The Bertz CT molecular complexity index is 1330. The minimum absolute atomic E-state index is 0.00494. The molecule has 0 unspecified atom stereocenters. The van der Waals surface area contributed by atoms with E-state index in [9.17, 15) is 18.8 Å². The molecule has 3 aromatic carbocycles. The number of benzene rings is 3. The molecule has 0 spiro atoms. The van der Waals surface area contributed by atoms with E-state index in [1.54, 1.807) is 19.1 Å². The van der Waals surface area contributed by atoms with E-state index >= 15 is 13.2 Å². The Balaban J connectivity index is 1.54. The Morgan fingerprint density at radius 3 is 2.31 bits per heavy atom. The highest BCUT2D eigenvalue weighted by atomic mass is 19.1. The number of fused-ring (bicyclic) bond motifs is 1. The van der Waals surface area contributed by atoms with Crippen LogP contribution in [0.3, 0.4) is 0 Å². The van der Waals surface area contributed by atoms with Gasteiger partial charge < -0.3 is 20.3 Å². The predicted octanol–water partition coefficient (Wildman–Crippen LogP) is 3.92. The van der Waals surface area contributed by atoms with E-state index < -0.39 is 49.1 Å². The van der Waals surface area contributed by atoms with Crippen molar-refractivity contribution in [3.63, 3.8) is 0 Å². The quantitative estimate of drug-likeness (QED) is 0.296. The highest BCUT2D eigenvalue weighted by molar-refractivity contribution is 6.58. The second-order valence-electron chi connectivity index (χ2n) is 10.3. The van der Waals surface area contributed by atoms with E-state index in [0.717, 1.165) is 12.1 Å². The van der Waals surface area contributed by atoms with Crippen molar-refractivity contribution in [1.82, 2.24) is 4.90 Å². The molecule has 0 bridgehead atoms. The molecule has 11 heteroatoms. The van der Waals surface area contributed by atoms with Gasteiger partial charge >= 0.3 is 7.12 Å². The Labute approximate surface area is 224 Å². The lowest BCUT2D eigenvalue weighted by atomic mass is 9.75. The zero-order chi connectivity index (χ0) is 27.8. The summed E-state index contributed by atoms with van der Waals surface area (Å²) in [6.45, 7) is 3.26. The summed E-state index contributed by atoms with van der Waals surface area (Å²) in [5.41, 5.74) is 1.29. The SMILES string of the molecule is C[C@@H]1Cc2cc(B(O)O)ccc2[C@H](c2c(F)cc(NC3CN(CCCF)C3)cc2F)N1c1ccc(F)cc1F. The molecule has 0 amide bonds. The van der Waals surface area contributed by atoms with Crippen LogP contribution in [0.1, 0.15) is 36.1 Å². The van der Waals surface area contributed by atoms with Gasteiger partial charge in [0.2, 0.25) is 0 Å². The van der Waals surface area contributed by atoms with Crippen LogP contribution >= 0.6 is 0 Å². The van der Waals surface area contributed by atoms with Gasteiger partial charge in [0.1, 0.15) is 23.3 Å². The Kier molecular flexibility index (Phi) is 7.84. The number of alkyl halides is 1. The van der Waals surface area contributed by atoms with Crippen LogP contribution in [-0.4, -0.2) is 60.5 Å². The van der Waals surface area contributed by atoms with Crippen LogP contribution in [0.2, 0.25) is 0 Å². The molecule has 0 aromatic heterocycles. The van der Waals surface area contributed by atoms with Gasteiger partial charge in [-0.1, -0.05) is 18.2 Å². The first kappa shape index (κ1) is 27.4. The fourth-order valence-electron chi connectivity index (χ4n) is 5.70. The number of likely N-dealkylation sites (tertiary alicyclic amines) is 1. The molecule has 3 aromatic rings. The molecule has 0 aliphatic carbocycles.